The van der Waals surface area contributed by atoms with E-state index in [1.54, 1.807) is 0 Å². The lowest BCUT2D eigenvalue weighted by atomic mass is 9.83. The van der Waals surface area contributed by atoms with Crippen molar-refractivity contribution >= 4 is 17.7 Å². The van der Waals surface area contributed by atoms with Crippen LogP contribution in [0.25, 0.3) is 0 Å². The van der Waals surface area contributed by atoms with E-state index in [0.29, 0.717) is 19.4 Å². The van der Waals surface area contributed by atoms with Crippen LogP contribution in [0, 0.1) is 16.7 Å². The standard InChI is InChI=1S/C8H11ClN2O2/c9-4-8(5-10)2-1-3-11(6-8)7(12)13/h1-4,6H2,(H,12,13). The molecule has 72 valence electrons. The van der Waals surface area contributed by atoms with Gasteiger partial charge in [0.25, 0.3) is 0 Å². The van der Waals surface area contributed by atoms with Crippen LogP contribution >= 0.6 is 11.6 Å². The number of halogens is 1. The van der Waals surface area contributed by atoms with Crippen LogP contribution in [0.15, 0.2) is 0 Å². The number of likely N-dealkylation sites (tertiary alicyclic amines) is 1. The van der Waals surface area contributed by atoms with Crippen molar-refractivity contribution in [2.45, 2.75) is 12.8 Å². The Hall–Kier alpha value is -0.950. The van der Waals surface area contributed by atoms with Crippen LogP contribution in [-0.4, -0.2) is 35.1 Å². The molecule has 0 aromatic carbocycles. The van der Waals surface area contributed by atoms with E-state index in [1.165, 1.54) is 4.90 Å². The summed E-state index contributed by atoms with van der Waals surface area (Å²) < 4.78 is 0. The van der Waals surface area contributed by atoms with Gasteiger partial charge in [0.15, 0.2) is 0 Å². The molecule has 0 aromatic rings. The SMILES string of the molecule is N#CC1(CCl)CCCN(C(=O)O)C1. The first-order valence-electron chi connectivity index (χ1n) is 4.09. The Balaban J connectivity index is 2.71. The summed E-state index contributed by atoms with van der Waals surface area (Å²) >= 11 is 5.67. The number of hydrogen-bond acceptors (Lipinski definition) is 2. The first-order valence-corrected chi connectivity index (χ1v) is 4.62. The molecule has 1 rings (SSSR count). The van der Waals surface area contributed by atoms with Crippen LogP contribution < -0.4 is 0 Å². The molecule has 1 saturated heterocycles. The average molecular weight is 203 g/mol. The number of carbonyl (C=O) groups is 1. The summed E-state index contributed by atoms with van der Waals surface area (Å²) in [5, 5.41) is 17.6. The first kappa shape index (κ1) is 10.1. The zero-order valence-corrected chi connectivity index (χ0v) is 7.92. The van der Waals surface area contributed by atoms with E-state index in [2.05, 4.69) is 6.07 Å². The fourth-order valence-corrected chi connectivity index (χ4v) is 1.80. The van der Waals surface area contributed by atoms with E-state index in [9.17, 15) is 4.79 Å². The number of piperidine rings is 1. The largest absolute Gasteiger partial charge is 0.465 e. The molecular formula is C8H11ClN2O2. The van der Waals surface area contributed by atoms with Gasteiger partial charge in [-0.2, -0.15) is 5.26 Å². The van der Waals surface area contributed by atoms with Crippen molar-refractivity contribution in [1.82, 2.24) is 4.90 Å². The predicted molar refractivity (Wildman–Crippen MR) is 47.6 cm³/mol. The van der Waals surface area contributed by atoms with E-state index < -0.39 is 11.5 Å². The maximum absolute atomic E-state index is 10.6. The van der Waals surface area contributed by atoms with Gasteiger partial charge in [0.05, 0.1) is 11.5 Å². The molecule has 0 spiro atoms. The summed E-state index contributed by atoms with van der Waals surface area (Å²) in [5.41, 5.74) is -0.668. The van der Waals surface area contributed by atoms with Gasteiger partial charge in [0, 0.05) is 19.0 Å². The van der Waals surface area contributed by atoms with E-state index in [0.717, 1.165) is 0 Å². The Morgan fingerprint density at radius 3 is 2.92 bits per heavy atom. The van der Waals surface area contributed by atoms with Gasteiger partial charge in [0.2, 0.25) is 0 Å². The van der Waals surface area contributed by atoms with Crippen molar-refractivity contribution in [2.24, 2.45) is 5.41 Å². The second-order valence-electron chi connectivity index (χ2n) is 3.33. The van der Waals surface area contributed by atoms with Crippen LogP contribution in [0.2, 0.25) is 0 Å². The van der Waals surface area contributed by atoms with Crippen molar-refractivity contribution < 1.29 is 9.90 Å². The summed E-state index contributed by atoms with van der Waals surface area (Å²) in [4.78, 5) is 11.9. The molecule has 0 radical (unpaired) electrons. The molecule has 1 aliphatic rings. The van der Waals surface area contributed by atoms with Gasteiger partial charge in [-0.15, -0.1) is 11.6 Å². The molecule has 5 heteroatoms. The van der Waals surface area contributed by atoms with Gasteiger partial charge in [-0.3, -0.25) is 0 Å². The quantitative estimate of drug-likeness (QED) is 0.656. The second kappa shape index (κ2) is 3.84. The lowest BCUT2D eigenvalue weighted by Gasteiger charge is -2.35. The molecule has 0 aliphatic carbocycles. The molecular weight excluding hydrogens is 192 g/mol. The molecule has 1 heterocycles. The molecule has 1 aliphatic heterocycles. The lowest BCUT2D eigenvalue weighted by molar-refractivity contribution is 0.108. The summed E-state index contributed by atoms with van der Waals surface area (Å²) in [7, 11) is 0. The van der Waals surface area contributed by atoms with Gasteiger partial charge in [-0.1, -0.05) is 0 Å². The van der Waals surface area contributed by atoms with Crippen molar-refractivity contribution in [1.29, 1.82) is 5.26 Å². The Morgan fingerprint density at radius 2 is 2.46 bits per heavy atom. The number of carboxylic acid groups (broad SMARTS) is 1. The van der Waals surface area contributed by atoms with Gasteiger partial charge >= 0.3 is 6.09 Å². The van der Waals surface area contributed by atoms with Crippen LogP contribution in [0.1, 0.15) is 12.8 Å². The maximum Gasteiger partial charge on any atom is 0.407 e. The molecule has 0 aromatic heterocycles. The Kier molecular flexibility index (Phi) is 2.99. The van der Waals surface area contributed by atoms with Crippen LogP contribution in [0.3, 0.4) is 0 Å². The van der Waals surface area contributed by atoms with Crippen LogP contribution in [0.5, 0.6) is 0 Å². The van der Waals surface area contributed by atoms with Gasteiger partial charge in [-0.05, 0) is 12.8 Å². The highest BCUT2D eigenvalue weighted by atomic mass is 35.5. The maximum atomic E-state index is 10.6. The minimum Gasteiger partial charge on any atom is -0.465 e. The topological polar surface area (TPSA) is 64.3 Å². The summed E-state index contributed by atoms with van der Waals surface area (Å²) in [5.74, 6) is 0.202. The number of amides is 1. The molecule has 1 unspecified atom stereocenters. The second-order valence-corrected chi connectivity index (χ2v) is 3.60. The highest BCUT2D eigenvalue weighted by Gasteiger charge is 2.36. The van der Waals surface area contributed by atoms with Gasteiger partial charge in [0.1, 0.15) is 0 Å². The monoisotopic (exact) mass is 202 g/mol. The van der Waals surface area contributed by atoms with Gasteiger partial charge in [-0.25, -0.2) is 4.79 Å². The van der Waals surface area contributed by atoms with Gasteiger partial charge < -0.3 is 10.0 Å². The Morgan fingerprint density at radius 1 is 1.77 bits per heavy atom. The van der Waals surface area contributed by atoms with Crippen molar-refractivity contribution in [3.8, 4) is 6.07 Å². The van der Waals surface area contributed by atoms with Crippen LogP contribution in [-0.2, 0) is 0 Å². The van der Waals surface area contributed by atoms with E-state index in [-0.39, 0.29) is 12.4 Å². The number of nitrogens with zero attached hydrogens (tertiary/aromatic N) is 2. The molecule has 0 saturated carbocycles. The molecule has 13 heavy (non-hydrogen) atoms. The number of hydrogen-bond donors (Lipinski definition) is 1. The minimum absolute atomic E-state index is 0.202. The number of nitriles is 1. The summed E-state index contributed by atoms with van der Waals surface area (Å²) in [6.45, 7) is 0.748. The Labute approximate surface area is 81.7 Å². The first-order chi connectivity index (χ1) is 6.13. The minimum atomic E-state index is -0.968. The number of alkyl halides is 1. The summed E-state index contributed by atoms with van der Waals surface area (Å²) in [6, 6.07) is 2.12. The molecule has 4 nitrogen and oxygen atoms in total. The van der Waals surface area contributed by atoms with Crippen molar-refractivity contribution in [3.05, 3.63) is 0 Å². The highest BCUT2D eigenvalue weighted by molar-refractivity contribution is 6.18. The smallest absolute Gasteiger partial charge is 0.407 e. The zero-order valence-electron chi connectivity index (χ0n) is 7.16. The van der Waals surface area contributed by atoms with E-state index in [1.807, 2.05) is 0 Å². The highest BCUT2D eigenvalue weighted by Crippen LogP contribution is 2.30. The third kappa shape index (κ3) is 2.04. The zero-order chi connectivity index (χ0) is 9.90. The third-order valence-corrected chi connectivity index (χ3v) is 2.85. The van der Waals surface area contributed by atoms with Crippen molar-refractivity contribution in [2.75, 3.05) is 19.0 Å². The van der Waals surface area contributed by atoms with Crippen LogP contribution in [0.4, 0.5) is 4.79 Å². The fraction of sp³-hybridized carbons (Fsp3) is 0.750. The lowest BCUT2D eigenvalue weighted by Crippen LogP contribution is -2.45. The molecule has 1 amide bonds. The molecule has 0 bridgehead atoms. The third-order valence-electron chi connectivity index (χ3n) is 2.34. The summed E-state index contributed by atoms with van der Waals surface area (Å²) in [6.07, 6.45) is 0.438. The fourth-order valence-electron chi connectivity index (χ4n) is 1.53. The normalized spacial score (nSPS) is 28.2. The van der Waals surface area contributed by atoms with E-state index >= 15 is 0 Å². The average Bonchev–Trinajstić information content (AvgIpc) is 2.18. The molecule has 1 fully saturated rings. The number of rotatable bonds is 1. The van der Waals surface area contributed by atoms with Crippen molar-refractivity contribution in [3.63, 3.8) is 0 Å². The molecule has 1 atom stereocenters. The molecule has 1 N–H and O–H groups in total. The Bertz CT molecular complexity index is 251. The van der Waals surface area contributed by atoms with E-state index in [4.69, 9.17) is 22.0 Å². The predicted octanol–water partition coefficient (Wildman–Crippen LogP) is 1.51.